The van der Waals surface area contributed by atoms with Gasteiger partial charge in [0.05, 0.1) is 22.5 Å². The molecule has 0 spiro atoms. The van der Waals surface area contributed by atoms with Gasteiger partial charge >= 0.3 is 5.69 Å². The Bertz CT molecular complexity index is 1740. The Morgan fingerprint density at radius 3 is 2.17 bits per heavy atom. The van der Waals surface area contributed by atoms with E-state index in [1.54, 1.807) is 49.4 Å². The summed E-state index contributed by atoms with van der Waals surface area (Å²) < 4.78 is 31.3. The summed E-state index contributed by atoms with van der Waals surface area (Å²) >= 11 is 1.12. The van der Waals surface area contributed by atoms with Crippen LogP contribution in [-0.4, -0.2) is 14.1 Å². The summed E-state index contributed by atoms with van der Waals surface area (Å²) in [6.45, 7) is 1.28. The summed E-state index contributed by atoms with van der Waals surface area (Å²) in [5.41, 5.74) is -0.203. The highest BCUT2D eigenvalue weighted by molar-refractivity contribution is 7.22. The summed E-state index contributed by atoms with van der Waals surface area (Å²) in [5.74, 6) is -1.62. The monoisotopic (exact) mass is 505 g/mol. The molecule has 2 heterocycles. The van der Waals surface area contributed by atoms with Gasteiger partial charge in [0, 0.05) is 22.6 Å². The molecule has 0 aliphatic rings. The van der Waals surface area contributed by atoms with Gasteiger partial charge in [0.2, 0.25) is 0 Å². The molecule has 0 fully saturated rings. The maximum absolute atomic E-state index is 14.5. The van der Waals surface area contributed by atoms with E-state index in [0.717, 1.165) is 28.0 Å². The number of para-hydroxylation sites is 1. The molecule has 2 aromatic heterocycles. The second kappa shape index (κ2) is 8.97. The molecule has 0 bridgehead atoms. The number of nitro benzene ring substituents is 1. The van der Waals surface area contributed by atoms with E-state index in [0.29, 0.717) is 21.7 Å². The summed E-state index contributed by atoms with van der Waals surface area (Å²) in [6, 6.07) is 17.6. The fraction of sp³-hybridized carbons (Fsp3) is 0.0769. The number of rotatable bonds is 5. The van der Waals surface area contributed by atoms with Crippen molar-refractivity contribution in [2.45, 2.75) is 13.5 Å². The third-order valence-corrected chi connectivity index (χ3v) is 7.31. The summed E-state index contributed by atoms with van der Waals surface area (Å²) in [4.78, 5) is 38.6. The van der Waals surface area contributed by atoms with Crippen molar-refractivity contribution in [2.24, 2.45) is 0 Å². The van der Waals surface area contributed by atoms with E-state index in [9.17, 15) is 28.5 Å². The van der Waals surface area contributed by atoms with Crippen LogP contribution in [0.15, 0.2) is 82.4 Å². The van der Waals surface area contributed by atoms with Crippen LogP contribution in [0, 0.1) is 28.7 Å². The van der Waals surface area contributed by atoms with Crippen molar-refractivity contribution in [3.8, 4) is 16.1 Å². The molecule has 0 saturated carbocycles. The first kappa shape index (κ1) is 23.3. The number of aromatic nitrogens is 2. The van der Waals surface area contributed by atoms with Gasteiger partial charge in [0.25, 0.3) is 11.2 Å². The highest BCUT2D eigenvalue weighted by atomic mass is 32.1. The molecule has 0 unspecified atom stereocenters. The number of aryl methyl sites for hydroxylation is 1. The smallest absolute Gasteiger partial charge is 0.279 e. The number of nitrogens with zero attached hydrogens (tertiary/aromatic N) is 3. The SMILES string of the molecule is Cc1c(-c2ccc([N+](=O)[O-])cc2)sc2c1c(=O)n(-c1ccccc1)c(=O)n2Cc1c(F)cccc1F. The molecule has 0 radical (unpaired) electrons. The largest absolute Gasteiger partial charge is 0.337 e. The second-order valence-corrected chi connectivity index (χ2v) is 9.08. The van der Waals surface area contributed by atoms with Crippen molar-refractivity contribution in [3.05, 3.63) is 127 Å². The Balaban J connectivity index is 1.83. The van der Waals surface area contributed by atoms with Crippen molar-refractivity contribution in [1.29, 1.82) is 0 Å². The van der Waals surface area contributed by atoms with Crippen LogP contribution in [0.25, 0.3) is 26.3 Å². The lowest BCUT2D eigenvalue weighted by molar-refractivity contribution is -0.384. The molecule has 0 atom stereocenters. The van der Waals surface area contributed by atoms with Gasteiger partial charge in [-0.05, 0) is 54.4 Å². The Morgan fingerprint density at radius 1 is 0.917 bits per heavy atom. The lowest BCUT2D eigenvalue weighted by Crippen LogP contribution is -2.39. The van der Waals surface area contributed by atoms with Crippen LogP contribution in [0.3, 0.4) is 0 Å². The first-order chi connectivity index (χ1) is 17.3. The average Bonchev–Trinajstić information content (AvgIpc) is 3.21. The number of fused-ring (bicyclic) bond motifs is 1. The van der Waals surface area contributed by atoms with Gasteiger partial charge in [0.15, 0.2) is 0 Å². The first-order valence-electron chi connectivity index (χ1n) is 10.8. The molecule has 7 nitrogen and oxygen atoms in total. The highest BCUT2D eigenvalue weighted by Crippen LogP contribution is 2.37. The topological polar surface area (TPSA) is 87.1 Å². The van der Waals surface area contributed by atoms with Crippen LogP contribution in [0.4, 0.5) is 14.5 Å². The van der Waals surface area contributed by atoms with Gasteiger partial charge in [-0.25, -0.2) is 18.1 Å². The van der Waals surface area contributed by atoms with Crippen molar-refractivity contribution >= 4 is 27.2 Å². The van der Waals surface area contributed by atoms with Crippen LogP contribution < -0.4 is 11.2 Å². The quantitative estimate of drug-likeness (QED) is 0.236. The molecular formula is C26H17F2N3O4S. The number of thiophene rings is 1. The zero-order valence-corrected chi connectivity index (χ0v) is 19.6. The van der Waals surface area contributed by atoms with E-state index in [4.69, 9.17) is 0 Å². The standard InChI is InChI=1S/C26H17F2N3O4S/c1-15-22-24(32)30(17-6-3-2-4-7-17)26(33)29(14-19-20(27)8-5-9-21(19)28)25(22)36-23(15)16-10-12-18(13-11-16)31(34)35/h2-13H,14H2,1H3. The van der Waals surface area contributed by atoms with Crippen molar-refractivity contribution in [3.63, 3.8) is 0 Å². The number of non-ortho nitro benzene ring substituents is 1. The number of benzene rings is 3. The molecule has 0 aliphatic heterocycles. The lowest BCUT2D eigenvalue weighted by atomic mass is 10.1. The van der Waals surface area contributed by atoms with E-state index >= 15 is 0 Å². The van der Waals surface area contributed by atoms with Crippen LogP contribution in [0.1, 0.15) is 11.1 Å². The van der Waals surface area contributed by atoms with E-state index in [1.807, 2.05) is 0 Å². The molecular weight excluding hydrogens is 488 g/mol. The maximum Gasteiger partial charge on any atom is 0.337 e. The van der Waals surface area contributed by atoms with Crippen molar-refractivity contribution < 1.29 is 13.7 Å². The van der Waals surface area contributed by atoms with Gasteiger partial charge in [-0.3, -0.25) is 19.5 Å². The minimum Gasteiger partial charge on any atom is -0.279 e. The molecule has 3 aromatic carbocycles. The first-order valence-corrected chi connectivity index (χ1v) is 11.6. The molecule has 0 amide bonds. The fourth-order valence-electron chi connectivity index (χ4n) is 4.14. The Kier molecular flexibility index (Phi) is 5.81. The van der Waals surface area contributed by atoms with E-state index in [-0.39, 0.29) is 21.5 Å². The number of hydrogen-bond donors (Lipinski definition) is 0. The normalized spacial score (nSPS) is 11.2. The van der Waals surface area contributed by atoms with Gasteiger partial charge in [-0.2, -0.15) is 0 Å². The highest BCUT2D eigenvalue weighted by Gasteiger charge is 2.23. The predicted octanol–water partition coefficient (Wildman–Crippen LogP) is 5.42. The van der Waals surface area contributed by atoms with E-state index in [2.05, 4.69) is 0 Å². The second-order valence-electron chi connectivity index (χ2n) is 8.09. The van der Waals surface area contributed by atoms with Gasteiger partial charge < -0.3 is 0 Å². The average molecular weight is 506 g/mol. The zero-order valence-electron chi connectivity index (χ0n) is 18.8. The fourth-order valence-corrected chi connectivity index (χ4v) is 5.44. The van der Waals surface area contributed by atoms with Crippen molar-refractivity contribution in [1.82, 2.24) is 9.13 Å². The third kappa shape index (κ3) is 3.81. The van der Waals surface area contributed by atoms with Crippen LogP contribution in [-0.2, 0) is 6.54 Å². The maximum atomic E-state index is 14.5. The molecule has 36 heavy (non-hydrogen) atoms. The number of halogens is 2. The molecule has 5 aromatic rings. The van der Waals surface area contributed by atoms with Gasteiger partial charge in [-0.1, -0.05) is 24.3 Å². The predicted molar refractivity (Wildman–Crippen MR) is 134 cm³/mol. The Morgan fingerprint density at radius 2 is 1.56 bits per heavy atom. The third-order valence-electron chi connectivity index (χ3n) is 5.95. The number of hydrogen-bond acceptors (Lipinski definition) is 5. The summed E-state index contributed by atoms with van der Waals surface area (Å²) in [5, 5.41) is 11.3. The molecule has 180 valence electrons. The van der Waals surface area contributed by atoms with Crippen LogP contribution >= 0.6 is 11.3 Å². The van der Waals surface area contributed by atoms with E-state index in [1.165, 1.54) is 22.8 Å². The molecule has 5 rings (SSSR count). The summed E-state index contributed by atoms with van der Waals surface area (Å²) in [7, 11) is 0. The molecule has 0 aliphatic carbocycles. The molecule has 0 saturated heterocycles. The van der Waals surface area contributed by atoms with Crippen molar-refractivity contribution in [2.75, 3.05) is 0 Å². The van der Waals surface area contributed by atoms with E-state index < -0.39 is 34.4 Å². The molecule has 10 heteroatoms. The number of nitro groups is 1. The van der Waals surface area contributed by atoms with Crippen LogP contribution in [0.2, 0.25) is 0 Å². The minimum atomic E-state index is -0.809. The summed E-state index contributed by atoms with van der Waals surface area (Å²) in [6.07, 6.45) is 0. The Hall–Kier alpha value is -4.44. The van der Waals surface area contributed by atoms with Gasteiger partial charge in [-0.15, -0.1) is 11.3 Å². The minimum absolute atomic E-state index is 0.0871. The zero-order chi connectivity index (χ0) is 25.6. The molecule has 0 N–H and O–H groups in total. The lowest BCUT2D eigenvalue weighted by Gasteiger charge is -2.13. The van der Waals surface area contributed by atoms with Crippen LogP contribution in [0.5, 0.6) is 0 Å². The Labute approximate surface area is 206 Å². The van der Waals surface area contributed by atoms with Gasteiger partial charge in [0.1, 0.15) is 16.5 Å².